The number of aromatic hydroxyl groups is 1. The quantitative estimate of drug-likeness (QED) is 0.836. The summed E-state index contributed by atoms with van der Waals surface area (Å²) in [6, 6.07) is 3.29. The average molecular weight is 269 g/mol. The summed E-state index contributed by atoms with van der Waals surface area (Å²) in [5.74, 6) is -0.240. The number of phenols is 1. The summed E-state index contributed by atoms with van der Waals surface area (Å²) in [5.41, 5.74) is 1.06. The van der Waals surface area contributed by atoms with E-state index in [4.69, 9.17) is 0 Å². The van der Waals surface area contributed by atoms with Crippen LogP contribution in [0.1, 0.15) is 31.9 Å². The van der Waals surface area contributed by atoms with Crippen LogP contribution < -0.4 is 0 Å². The minimum atomic E-state index is -3.47. The summed E-state index contributed by atoms with van der Waals surface area (Å²) >= 11 is 0. The Morgan fingerprint density at radius 2 is 1.83 bits per heavy atom. The molecule has 1 rings (SSSR count). The van der Waals surface area contributed by atoms with Gasteiger partial charge in [0.15, 0.2) is 9.84 Å². The molecule has 0 spiro atoms. The normalized spacial score (nSPS) is 13.2. The predicted octanol–water partition coefficient (Wildman–Crippen LogP) is 2.14. The van der Waals surface area contributed by atoms with Crippen LogP contribution in [0.5, 0.6) is 5.75 Å². The van der Waals surface area contributed by atoms with E-state index >= 15 is 0 Å². The summed E-state index contributed by atoms with van der Waals surface area (Å²) in [5, 5.41) is 9.98. The van der Waals surface area contributed by atoms with Crippen molar-refractivity contribution in [2.45, 2.75) is 31.1 Å². The van der Waals surface area contributed by atoms with Crippen molar-refractivity contribution in [3.05, 3.63) is 23.3 Å². The molecule has 0 aliphatic heterocycles. The smallest absolute Gasteiger partial charge is 0.179 e. The lowest BCUT2D eigenvalue weighted by Crippen LogP contribution is -2.13. The lowest BCUT2D eigenvalue weighted by molar-refractivity contribution is 0.456. The van der Waals surface area contributed by atoms with Crippen LogP contribution in [0.3, 0.4) is 0 Å². The molecular formula is C13H19NO3S. The van der Waals surface area contributed by atoms with E-state index in [1.807, 2.05) is 20.8 Å². The molecule has 0 amide bonds. The molecule has 0 unspecified atom stereocenters. The van der Waals surface area contributed by atoms with Crippen molar-refractivity contribution in [1.29, 1.82) is 0 Å². The fourth-order valence-electron chi connectivity index (χ4n) is 1.58. The number of sulfone groups is 1. The molecule has 1 aromatic rings. The number of phenolic OH excluding ortho intramolecular Hbond substituents is 1. The lowest BCUT2D eigenvalue weighted by atomic mass is 9.86. The molecule has 100 valence electrons. The van der Waals surface area contributed by atoms with Crippen molar-refractivity contribution < 1.29 is 13.5 Å². The first-order valence-corrected chi connectivity index (χ1v) is 7.46. The Labute approximate surface area is 108 Å². The number of rotatable bonds is 2. The zero-order valence-electron chi connectivity index (χ0n) is 11.4. The van der Waals surface area contributed by atoms with Gasteiger partial charge in [-0.15, -0.1) is 0 Å². The molecule has 0 fully saturated rings. The highest BCUT2D eigenvalue weighted by Gasteiger charge is 2.22. The van der Waals surface area contributed by atoms with Crippen LogP contribution in [0.4, 0.5) is 0 Å². The average Bonchev–Trinajstić information content (AvgIpc) is 2.17. The Kier molecular flexibility index (Phi) is 3.86. The third-order valence-corrected chi connectivity index (χ3v) is 3.75. The highest BCUT2D eigenvalue weighted by atomic mass is 32.2. The number of hydrogen-bond donors (Lipinski definition) is 1. The van der Waals surface area contributed by atoms with Crippen molar-refractivity contribution in [2.24, 2.45) is 4.99 Å². The fourth-order valence-corrected chi connectivity index (χ4v) is 2.39. The molecule has 0 radical (unpaired) electrons. The molecule has 0 saturated carbocycles. The largest absolute Gasteiger partial charge is 0.506 e. The van der Waals surface area contributed by atoms with Gasteiger partial charge in [-0.25, -0.2) is 8.42 Å². The van der Waals surface area contributed by atoms with Crippen LogP contribution in [-0.2, 0) is 15.3 Å². The van der Waals surface area contributed by atoms with Crippen molar-refractivity contribution in [1.82, 2.24) is 0 Å². The van der Waals surface area contributed by atoms with Crippen molar-refractivity contribution in [2.75, 3.05) is 13.3 Å². The Bertz CT molecular complexity index is 581. The zero-order valence-corrected chi connectivity index (χ0v) is 12.2. The first kappa shape index (κ1) is 14.7. The van der Waals surface area contributed by atoms with E-state index in [0.717, 1.165) is 11.8 Å². The van der Waals surface area contributed by atoms with E-state index in [0.29, 0.717) is 5.56 Å². The maximum atomic E-state index is 11.7. The van der Waals surface area contributed by atoms with Crippen molar-refractivity contribution in [3.63, 3.8) is 0 Å². The Hall–Kier alpha value is -1.36. The molecule has 0 aromatic heterocycles. The molecule has 0 aliphatic carbocycles. The second kappa shape index (κ2) is 4.72. The monoisotopic (exact) mass is 269 g/mol. The minimum absolute atomic E-state index is 0.0511. The molecule has 0 atom stereocenters. The third kappa shape index (κ3) is 3.10. The first-order valence-electron chi connectivity index (χ1n) is 5.57. The van der Waals surface area contributed by atoms with Crippen molar-refractivity contribution >= 4 is 16.1 Å². The van der Waals surface area contributed by atoms with E-state index in [1.54, 1.807) is 13.1 Å². The maximum Gasteiger partial charge on any atom is 0.179 e. The van der Waals surface area contributed by atoms with Crippen LogP contribution in [0, 0.1) is 0 Å². The highest BCUT2D eigenvalue weighted by molar-refractivity contribution is 7.90. The van der Waals surface area contributed by atoms with Gasteiger partial charge in [0.1, 0.15) is 10.6 Å². The molecule has 4 nitrogen and oxygen atoms in total. The minimum Gasteiger partial charge on any atom is -0.506 e. The number of aliphatic imine (C=N–C) groups is 1. The SMILES string of the molecule is CN=Cc1cc(C(C)(C)C)cc(S(C)(=O)=O)c1O. The van der Waals surface area contributed by atoms with E-state index in [9.17, 15) is 13.5 Å². The molecule has 0 bridgehead atoms. The molecule has 5 heteroatoms. The third-order valence-electron chi connectivity index (χ3n) is 2.64. The maximum absolute atomic E-state index is 11.7. The van der Waals surface area contributed by atoms with Gasteiger partial charge in [0.25, 0.3) is 0 Å². The van der Waals surface area contributed by atoms with E-state index in [1.165, 1.54) is 12.3 Å². The van der Waals surface area contributed by atoms with E-state index in [-0.39, 0.29) is 16.1 Å². The molecule has 1 aromatic carbocycles. The molecule has 0 aliphatic rings. The highest BCUT2D eigenvalue weighted by Crippen LogP contribution is 2.32. The predicted molar refractivity (Wildman–Crippen MR) is 73.4 cm³/mol. The number of hydrogen-bond acceptors (Lipinski definition) is 4. The topological polar surface area (TPSA) is 66.7 Å². The van der Waals surface area contributed by atoms with Gasteiger partial charge in [-0.3, -0.25) is 4.99 Å². The molecular weight excluding hydrogens is 250 g/mol. The van der Waals surface area contributed by atoms with Crippen LogP contribution in [0.25, 0.3) is 0 Å². The molecule has 0 saturated heterocycles. The van der Waals surface area contributed by atoms with Crippen LogP contribution in [0.2, 0.25) is 0 Å². The molecule has 0 heterocycles. The summed E-state index contributed by atoms with van der Waals surface area (Å²) < 4.78 is 23.4. The van der Waals surface area contributed by atoms with Gasteiger partial charge >= 0.3 is 0 Å². The summed E-state index contributed by atoms with van der Waals surface area (Å²) in [4.78, 5) is 3.78. The van der Waals surface area contributed by atoms with Crippen LogP contribution >= 0.6 is 0 Å². The fraction of sp³-hybridized carbons (Fsp3) is 0.462. The number of benzene rings is 1. The second-order valence-electron chi connectivity index (χ2n) is 5.32. The second-order valence-corrected chi connectivity index (χ2v) is 7.31. The lowest BCUT2D eigenvalue weighted by Gasteiger charge is -2.21. The van der Waals surface area contributed by atoms with Gasteiger partial charge in [0.2, 0.25) is 0 Å². The van der Waals surface area contributed by atoms with Gasteiger partial charge in [-0.05, 0) is 23.1 Å². The standard InChI is InChI=1S/C13H19NO3S/c1-13(2,3)10-6-9(8-14-4)12(15)11(7-10)18(5,16)17/h6-8,15H,1-5H3. The van der Waals surface area contributed by atoms with E-state index < -0.39 is 9.84 Å². The summed E-state index contributed by atoms with van der Waals surface area (Å²) in [6.45, 7) is 5.95. The Morgan fingerprint density at radius 1 is 1.28 bits per heavy atom. The zero-order chi connectivity index (χ0) is 14.1. The van der Waals surface area contributed by atoms with Gasteiger partial charge in [-0.1, -0.05) is 20.8 Å². The van der Waals surface area contributed by atoms with Crippen LogP contribution in [0.15, 0.2) is 22.0 Å². The van der Waals surface area contributed by atoms with Gasteiger partial charge in [-0.2, -0.15) is 0 Å². The Morgan fingerprint density at radius 3 is 2.22 bits per heavy atom. The number of nitrogens with zero attached hydrogens (tertiary/aromatic N) is 1. The van der Waals surface area contributed by atoms with Crippen molar-refractivity contribution in [3.8, 4) is 5.75 Å². The van der Waals surface area contributed by atoms with Gasteiger partial charge < -0.3 is 5.11 Å². The van der Waals surface area contributed by atoms with Crippen LogP contribution in [-0.4, -0.2) is 33.0 Å². The molecule has 18 heavy (non-hydrogen) atoms. The summed E-state index contributed by atoms with van der Waals surface area (Å²) in [6.07, 6.45) is 2.54. The molecule has 1 N–H and O–H groups in total. The van der Waals surface area contributed by atoms with Gasteiger partial charge in [0.05, 0.1) is 0 Å². The summed E-state index contributed by atoms with van der Waals surface area (Å²) in [7, 11) is -1.90. The Balaban J connectivity index is 3.68. The van der Waals surface area contributed by atoms with Gasteiger partial charge in [0, 0.05) is 25.1 Å². The first-order chi connectivity index (χ1) is 8.07. The van der Waals surface area contributed by atoms with E-state index in [2.05, 4.69) is 4.99 Å².